The van der Waals surface area contributed by atoms with Gasteiger partial charge in [0.1, 0.15) is 17.2 Å². The number of ether oxygens (including phenoxy) is 2. The molecule has 4 aromatic carbocycles. The van der Waals surface area contributed by atoms with Crippen molar-refractivity contribution in [2.75, 3.05) is 56.0 Å². The van der Waals surface area contributed by atoms with Crippen molar-refractivity contribution >= 4 is 50.5 Å². The highest BCUT2D eigenvalue weighted by Gasteiger charge is 2.21. The molecule has 9 nitrogen and oxygen atoms in total. The van der Waals surface area contributed by atoms with E-state index < -0.39 is 15.9 Å². The molecule has 12 heteroatoms. The number of sulfonamides is 1. The highest BCUT2D eigenvalue weighted by atomic mass is 35.5. The summed E-state index contributed by atoms with van der Waals surface area (Å²) >= 11 is 12.3. The van der Waals surface area contributed by atoms with Crippen LogP contribution < -0.4 is 24.4 Å². The number of nitrogens with one attached hydrogen (secondary N) is 2. The van der Waals surface area contributed by atoms with Gasteiger partial charge in [-0.25, -0.2) is 8.42 Å². The number of hydrogen-bond acceptors (Lipinski definition) is 7. The van der Waals surface area contributed by atoms with E-state index in [-0.39, 0.29) is 16.1 Å². The van der Waals surface area contributed by atoms with Crippen LogP contribution in [0.15, 0.2) is 95.9 Å². The van der Waals surface area contributed by atoms with E-state index in [1.54, 1.807) is 31.4 Å². The van der Waals surface area contributed by atoms with Gasteiger partial charge in [-0.1, -0.05) is 47.5 Å². The fourth-order valence-corrected chi connectivity index (χ4v) is 6.47. The number of halogens is 2. The predicted molar refractivity (Wildman–Crippen MR) is 179 cm³/mol. The SMILES string of the molecule is COc1ccccc1N1CCN(CCCNC(=O)c2cc(Cl)ccc2NS(=O)(=O)c2ccc(Oc3ccccc3Cl)cc2)CC1. The van der Waals surface area contributed by atoms with Crippen molar-refractivity contribution in [1.82, 2.24) is 10.2 Å². The normalized spacial score (nSPS) is 13.7. The van der Waals surface area contributed by atoms with E-state index in [1.165, 1.54) is 42.5 Å². The summed E-state index contributed by atoms with van der Waals surface area (Å²) in [6.07, 6.45) is 0.741. The van der Waals surface area contributed by atoms with E-state index in [0.29, 0.717) is 28.1 Å². The van der Waals surface area contributed by atoms with Crippen LogP contribution in [0.25, 0.3) is 0 Å². The van der Waals surface area contributed by atoms with Gasteiger partial charge in [0.05, 0.1) is 34.0 Å². The number of para-hydroxylation sites is 3. The van der Waals surface area contributed by atoms with Gasteiger partial charge in [0.2, 0.25) is 0 Å². The molecule has 0 aliphatic carbocycles. The molecule has 0 unspecified atom stereocenters. The maximum Gasteiger partial charge on any atom is 0.261 e. The maximum absolute atomic E-state index is 13.2. The summed E-state index contributed by atoms with van der Waals surface area (Å²) in [5, 5.41) is 3.66. The van der Waals surface area contributed by atoms with E-state index >= 15 is 0 Å². The van der Waals surface area contributed by atoms with Crippen LogP contribution >= 0.6 is 23.2 Å². The number of benzene rings is 4. The van der Waals surface area contributed by atoms with Gasteiger partial charge in [-0.15, -0.1) is 0 Å². The van der Waals surface area contributed by atoms with Crippen molar-refractivity contribution < 1.29 is 22.7 Å². The van der Waals surface area contributed by atoms with Crippen molar-refractivity contribution in [2.45, 2.75) is 11.3 Å². The highest BCUT2D eigenvalue weighted by Crippen LogP contribution is 2.31. The first kappa shape index (κ1) is 32.4. The number of anilines is 2. The zero-order valence-corrected chi connectivity index (χ0v) is 27.0. The Morgan fingerprint density at radius 3 is 2.27 bits per heavy atom. The smallest absolute Gasteiger partial charge is 0.261 e. The maximum atomic E-state index is 13.2. The second kappa shape index (κ2) is 14.9. The summed E-state index contributed by atoms with van der Waals surface area (Å²) < 4.78 is 40.2. The van der Waals surface area contributed by atoms with Crippen molar-refractivity contribution in [2.24, 2.45) is 0 Å². The van der Waals surface area contributed by atoms with Crippen molar-refractivity contribution in [3.8, 4) is 17.2 Å². The second-order valence-electron chi connectivity index (χ2n) is 10.4. The number of rotatable bonds is 12. The molecular weight excluding hydrogens is 635 g/mol. The van der Waals surface area contributed by atoms with E-state index in [9.17, 15) is 13.2 Å². The Hall–Kier alpha value is -3.96. The van der Waals surface area contributed by atoms with Gasteiger partial charge >= 0.3 is 0 Å². The average Bonchev–Trinajstić information content (AvgIpc) is 3.05. The highest BCUT2D eigenvalue weighted by molar-refractivity contribution is 7.92. The largest absolute Gasteiger partial charge is 0.495 e. The third kappa shape index (κ3) is 8.40. The molecule has 1 aliphatic heterocycles. The molecule has 0 aromatic heterocycles. The standard InChI is InChI=1S/C33H34Cl2N4O5S/c1-43-32-10-5-3-8-30(32)39-21-19-38(20-22-39)18-6-17-36-33(40)27-23-24(34)11-16-29(27)37-45(41,42)26-14-12-25(13-15-26)44-31-9-4-2-7-28(31)35/h2-5,7-16,23,37H,6,17-22H2,1H3,(H,36,40). The van der Waals surface area contributed by atoms with Gasteiger partial charge in [0.25, 0.3) is 15.9 Å². The van der Waals surface area contributed by atoms with Crippen LogP contribution in [-0.4, -0.2) is 65.6 Å². The number of methoxy groups -OCH3 is 1. The number of piperazine rings is 1. The molecule has 0 atom stereocenters. The Balaban J connectivity index is 1.14. The summed E-state index contributed by atoms with van der Waals surface area (Å²) in [4.78, 5) is 17.8. The van der Waals surface area contributed by atoms with Crippen LogP contribution in [0.2, 0.25) is 10.0 Å². The minimum atomic E-state index is -4.02. The van der Waals surface area contributed by atoms with Crippen LogP contribution in [-0.2, 0) is 10.0 Å². The molecule has 2 N–H and O–H groups in total. The Morgan fingerprint density at radius 1 is 0.867 bits per heavy atom. The molecule has 0 spiro atoms. The molecule has 45 heavy (non-hydrogen) atoms. The van der Waals surface area contributed by atoms with Gasteiger partial charge in [-0.2, -0.15) is 0 Å². The Bertz CT molecular complexity index is 1730. The monoisotopic (exact) mass is 668 g/mol. The van der Waals surface area contributed by atoms with E-state index in [1.807, 2.05) is 18.2 Å². The molecule has 1 fully saturated rings. The summed E-state index contributed by atoms with van der Waals surface area (Å²) in [5.74, 6) is 1.33. The fourth-order valence-electron chi connectivity index (χ4n) is 5.04. The third-order valence-electron chi connectivity index (χ3n) is 7.40. The topological polar surface area (TPSA) is 100 Å². The molecule has 0 bridgehead atoms. The van der Waals surface area contributed by atoms with E-state index in [4.69, 9.17) is 32.7 Å². The number of amides is 1. The number of hydrogen-bond donors (Lipinski definition) is 2. The lowest BCUT2D eigenvalue weighted by Gasteiger charge is -2.36. The predicted octanol–water partition coefficient (Wildman–Crippen LogP) is 6.54. The molecule has 4 aromatic rings. The van der Waals surface area contributed by atoms with Crippen LogP contribution in [0, 0.1) is 0 Å². The van der Waals surface area contributed by atoms with Crippen LogP contribution in [0.5, 0.6) is 17.2 Å². The third-order valence-corrected chi connectivity index (χ3v) is 9.33. The Kier molecular flexibility index (Phi) is 10.7. The van der Waals surface area contributed by atoms with Gasteiger partial charge in [0.15, 0.2) is 0 Å². The molecule has 5 rings (SSSR count). The first-order valence-corrected chi connectivity index (χ1v) is 16.7. The minimum Gasteiger partial charge on any atom is -0.495 e. The minimum absolute atomic E-state index is 0.00104. The van der Waals surface area contributed by atoms with Crippen LogP contribution in [0.1, 0.15) is 16.8 Å². The molecule has 1 heterocycles. The zero-order valence-electron chi connectivity index (χ0n) is 24.7. The molecule has 0 radical (unpaired) electrons. The lowest BCUT2D eigenvalue weighted by Crippen LogP contribution is -2.47. The lowest BCUT2D eigenvalue weighted by atomic mass is 10.1. The first-order chi connectivity index (χ1) is 21.7. The fraction of sp³-hybridized carbons (Fsp3) is 0.242. The van der Waals surface area contributed by atoms with E-state index in [0.717, 1.165) is 50.6 Å². The summed E-state index contributed by atoms with van der Waals surface area (Å²) in [6.45, 7) is 4.83. The molecule has 0 saturated carbocycles. The van der Waals surface area contributed by atoms with Crippen molar-refractivity contribution in [3.05, 3.63) is 107 Å². The summed E-state index contributed by atoms with van der Waals surface area (Å²) in [6, 6.07) is 25.4. The summed E-state index contributed by atoms with van der Waals surface area (Å²) in [5.41, 5.74) is 1.36. The van der Waals surface area contributed by atoms with Gasteiger partial charge < -0.3 is 19.7 Å². The molecular formula is C33H34Cl2N4O5S. The van der Waals surface area contributed by atoms with Gasteiger partial charge in [-0.05, 0) is 79.7 Å². The number of nitrogens with zero attached hydrogens (tertiary/aromatic N) is 2. The number of carbonyl (C=O) groups is 1. The summed E-state index contributed by atoms with van der Waals surface area (Å²) in [7, 11) is -2.34. The second-order valence-corrected chi connectivity index (χ2v) is 12.9. The van der Waals surface area contributed by atoms with Gasteiger partial charge in [0, 0.05) is 37.7 Å². The molecule has 236 valence electrons. The molecule has 1 aliphatic rings. The lowest BCUT2D eigenvalue weighted by molar-refractivity contribution is 0.0952. The van der Waals surface area contributed by atoms with Crippen molar-refractivity contribution in [3.63, 3.8) is 0 Å². The Labute approximate surface area is 273 Å². The van der Waals surface area contributed by atoms with Crippen LogP contribution in [0.4, 0.5) is 11.4 Å². The zero-order chi connectivity index (χ0) is 31.8. The van der Waals surface area contributed by atoms with Crippen molar-refractivity contribution in [1.29, 1.82) is 0 Å². The first-order valence-electron chi connectivity index (χ1n) is 14.5. The van der Waals surface area contributed by atoms with Gasteiger partial charge in [-0.3, -0.25) is 14.4 Å². The number of carbonyl (C=O) groups excluding carboxylic acids is 1. The Morgan fingerprint density at radius 2 is 1.56 bits per heavy atom. The van der Waals surface area contributed by atoms with E-state index in [2.05, 4.69) is 25.9 Å². The quantitative estimate of drug-likeness (QED) is 0.165. The molecule has 1 amide bonds. The average molecular weight is 670 g/mol. The van der Waals surface area contributed by atoms with Crippen LogP contribution in [0.3, 0.4) is 0 Å². The molecule has 1 saturated heterocycles.